The van der Waals surface area contributed by atoms with Crippen LogP contribution in [0.3, 0.4) is 0 Å². The molecule has 130 valence electrons. The fraction of sp³-hybridized carbons (Fsp3) is 0.389. The Kier molecular flexibility index (Phi) is 3.71. The number of aryl methyl sites for hydroxylation is 2. The molecule has 0 amide bonds. The number of hydrogen-bond donors (Lipinski definition) is 0. The first kappa shape index (κ1) is 15.7. The van der Waals surface area contributed by atoms with Crippen LogP contribution in [0.25, 0.3) is 17.1 Å². The van der Waals surface area contributed by atoms with E-state index in [1.807, 2.05) is 36.7 Å². The van der Waals surface area contributed by atoms with E-state index in [0.29, 0.717) is 11.7 Å². The van der Waals surface area contributed by atoms with Crippen LogP contribution in [0.15, 0.2) is 22.7 Å². The molecule has 0 N–H and O–H groups in total. The van der Waals surface area contributed by atoms with Crippen molar-refractivity contribution in [3.8, 4) is 28.6 Å². The van der Waals surface area contributed by atoms with Crippen LogP contribution in [0.1, 0.15) is 31.1 Å². The Balaban J connectivity index is 1.87. The van der Waals surface area contributed by atoms with Crippen molar-refractivity contribution in [3.63, 3.8) is 0 Å². The molecule has 3 heterocycles. The van der Waals surface area contributed by atoms with Gasteiger partial charge in [-0.25, -0.2) is 9.67 Å². The molecule has 7 nitrogen and oxygen atoms in total. The van der Waals surface area contributed by atoms with Gasteiger partial charge in [0.2, 0.25) is 6.79 Å². The van der Waals surface area contributed by atoms with Gasteiger partial charge in [-0.15, -0.1) is 0 Å². The molecule has 2 aromatic heterocycles. The van der Waals surface area contributed by atoms with Crippen LogP contribution in [-0.2, 0) is 6.42 Å². The fourth-order valence-corrected chi connectivity index (χ4v) is 2.97. The van der Waals surface area contributed by atoms with Crippen LogP contribution >= 0.6 is 0 Å². The van der Waals surface area contributed by atoms with Gasteiger partial charge in [-0.05, 0) is 31.9 Å². The van der Waals surface area contributed by atoms with Crippen LogP contribution in [-0.4, -0.2) is 26.7 Å². The Labute approximate surface area is 145 Å². The largest absolute Gasteiger partial charge is 0.454 e. The van der Waals surface area contributed by atoms with E-state index >= 15 is 0 Å². The topological polar surface area (TPSA) is 75.2 Å². The van der Waals surface area contributed by atoms with Crippen molar-refractivity contribution in [1.29, 1.82) is 0 Å². The van der Waals surface area contributed by atoms with Gasteiger partial charge < -0.3 is 14.0 Å². The summed E-state index contributed by atoms with van der Waals surface area (Å²) in [7, 11) is 0. The van der Waals surface area contributed by atoms with Crippen molar-refractivity contribution < 1.29 is 14.0 Å². The lowest BCUT2D eigenvalue weighted by atomic mass is 10.1. The molecule has 0 bridgehead atoms. The maximum atomic E-state index is 5.50. The first-order valence-electron chi connectivity index (χ1n) is 8.32. The highest BCUT2D eigenvalue weighted by molar-refractivity contribution is 5.63. The summed E-state index contributed by atoms with van der Waals surface area (Å²) in [6, 6.07) is 5.75. The lowest BCUT2D eigenvalue weighted by Crippen LogP contribution is -2.01. The summed E-state index contributed by atoms with van der Waals surface area (Å²) in [6.45, 7) is 8.34. The maximum Gasteiger partial charge on any atom is 0.231 e. The summed E-state index contributed by atoms with van der Waals surface area (Å²) in [5.74, 6) is 4.16. The zero-order valence-corrected chi connectivity index (χ0v) is 14.7. The Hall–Kier alpha value is -2.83. The van der Waals surface area contributed by atoms with E-state index in [4.69, 9.17) is 24.1 Å². The highest BCUT2D eigenvalue weighted by Gasteiger charge is 2.22. The van der Waals surface area contributed by atoms with Gasteiger partial charge in [-0.3, -0.25) is 0 Å². The van der Waals surface area contributed by atoms with Crippen molar-refractivity contribution in [1.82, 2.24) is 19.9 Å². The summed E-state index contributed by atoms with van der Waals surface area (Å²) in [5, 5.41) is 8.78. The fourth-order valence-electron chi connectivity index (χ4n) is 2.97. The van der Waals surface area contributed by atoms with E-state index in [2.05, 4.69) is 19.0 Å². The molecule has 0 saturated heterocycles. The van der Waals surface area contributed by atoms with Crippen LogP contribution in [0, 0.1) is 19.8 Å². The SMILES string of the molecule is Cc1noc(C)c1-c1nc(CC(C)C)nn1-c1ccc2c(c1)OCO2. The molecular formula is C18H20N4O3. The summed E-state index contributed by atoms with van der Waals surface area (Å²) < 4.78 is 18.0. The number of hydrogen-bond acceptors (Lipinski definition) is 6. The van der Waals surface area contributed by atoms with E-state index in [1.54, 1.807) is 0 Å². The van der Waals surface area contributed by atoms with Crippen molar-refractivity contribution in [2.75, 3.05) is 6.79 Å². The van der Waals surface area contributed by atoms with Crippen molar-refractivity contribution in [2.45, 2.75) is 34.1 Å². The Bertz CT molecular complexity index is 907. The molecule has 0 spiro atoms. The summed E-state index contributed by atoms with van der Waals surface area (Å²) in [4.78, 5) is 4.76. The third kappa shape index (κ3) is 2.75. The molecule has 3 aromatic rings. The molecule has 0 saturated carbocycles. The molecule has 25 heavy (non-hydrogen) atoms. The minimum absolute atomic E-state index is 0.242. The molecule has 7 heteroatoms. The molecule has 1 aliphatic heterocycles. The van der Waals surface area contributed by atoms with E-state index in [0.717, 1.165) is 46.5 Å². The third-order valence-electron chi connectivity index (χ3n) is 4.10. The van der Waals surface area contributed by atoms with E-state index < -0.39 is 0 Å². The average molecular weight is 340 g/mol. The third-order valence-corrected chi connectivity index (χ3v) is 4.10. The van der Waals surface area contributed by atoms with Crippen LogP contribution in [0.2, 0.25) is 0 Å². The lowest BCUT2D eigenvalue weighted by molar-refractivity contribution is 0.174. The molecule has 4 rings (SSSR count). The predicted molar refractivity (Wildman–Crippen MR) is 91.0 cm³/mol. The second-order valence-corrected chi connectivity index (χ2v) is 6.60. The quantitative estimate of drug-likeness (QED) is 0.724. The van der Waals surface area contributed by atoms with E-state index in [9.17, 15) is 0 Å². The minimum Gasteiger partial charge on any atom is -0.454 e. The second-order valence-electron chi connectivity index (χ2n) is 6.60. The van der Waals surface area contributed by atoms with Crippen LogP contribution in [0.4, 0.5) is 0 Å². The van der Waals surface area contributed by atoms with Gasteiger partial charge in [-0.1, -0.05) is 19.0 Å². The Morgan fingerprint density at radius 1 is 1.16 bits per heavy atom. The summed E-state index contributed by atoms with van der Waals surface area (Å²) in [5.41, 5.74) is 2.53. The zero-order valence-electron chi connectivity index (χ0n) is 14.7. The van der Waals surface area contributed by atoms with Crippen molar-refractivity contribution in [3.05, 3.63) is 35.5 Å². The van der Waals surface area contributed by atoms with Gasteiger partial charge in [0, 0.05) is 12.5 Å². The molecule has 0 aliphatic carbocycles. The minimum atomic E-state index is 0.242. The average Bonchev–Trinajstić information content (AvgIpc) is 3.25. The van der Waals surface area contributed by atoms with Gasteiger partial charge in [0.05, 0.1) is 16.9 Å². The van der Waals surface area contributed by atoms with Gasteiger partial charge in [-0.2, -0.15) is 5.10 Å². The normalized spacial score (nSPS) is 13.0. The smallest absolute Gasteiger partial charge is 0.231 e. The van der Waals surface area contributed by atoms with Gasteiger partial charge in [0.1, 0.15) is 5.76 Å². The molecule has 1 aliphatic rings. The molecule has 0 radical (unpaired) electrons. The predicted octanol–water partition coefficient (Wildman–Crippen LogP) is 3.47. The molecule has 0 atom stereocenters. The first-order chi connectivity index (χ1) is 12.0. The van der Waals surface area contributed by atoms with E-state index in [-0.39, 0.29) is 6.79 Å². The van der Waals surface area contributed by atoms with Crippen LogP contribution < -0.4 is 9.47 Å². The molecule has 0 unspecified atom stereocenters. The number of nitrogens with zero attached hydrogens (tertiary/aromatic N) is 4. The first-order valence-corrected chi connectivity index (χ1v) is 8.32. The van der Waals surface area contributed by atoms with Gasteiger partial charge >= 0.3 is 0 Å². The highest BCUT2D eigenvalue weighted by Crippen LogP contribution is 2.35. The number of aromatic nitrogens is 4. The lowest BCUT2D eigenvalue weighted by Gasteiger charge is -2.06. The van der Waals surface area contributed by atoms with Crippen molar-refractivity contribution >= 4 is 0 Å². The monoisotopic (exact) mass is 340 g/mol. The van der Waals surface area contributed by atoms with E-state index in [1.165, 1.54) is 0 Å². The number of rotatable bonds is 4. The zero-order chi connectivity index (χ0) is 17.6. The number of fused-ring (bicyclic) bond motifs is 1. The van der Waals surface area contributed by atoms with Crippen LogP contribution in [0.5, 0.6) is 11.5 Å². The standard InChI is InChI=1S/C18H20N4O3/c1-10(2)7-16-19-18(17-11(3)21-25-12(17)4)22(20-16)13-5-6-14-15(8-13)24-9-23-14/h5-6,8,10H,7,9H2,1-4H3. The highest BCUT2D eigenvalue weighted by atomic mass is 16.7. The molecule has 1 aromatic carbocycles. The number of benzene rings is 1. The Morgan fingerprint density at radius 3 is 2.68 bits per heavy atom. The molecule has 0 fully saturated rings. The summed E-state index contributed by atoms with van der Waals surface area (Å²) >= 11 is 0. The molecular weight excluding hydrogens is 320 g/mol. The summed E-state index contributed by atoms with van der Waals surface area (Å²) in [6.07, 6.45) is 0.800. The second kappa shape index (κ2) is 5.91. The van der Waals surface area contributed by atoms with Gasteiger partial charge in [0.25, 0.3) is 0 Å². The number of ether oxygens (including phenoxy) is 2. The van der Waals surface area contributed by atoms with Crippen molar-refractivity contribution in [2.24, 2.45) is 5.92 Å². The maximum absolute atomic E-state index is 5.50. The van der Waals surface area contributed by atoms with Gasteiger partial charge in [0.15, 0.2) is 23.1 Å². The Morgan fingerprint density at radius 2 is 1.96 bits per heavy atom.